The van der Waals surface area contributed by atoms with Crippen molar-refractivity contribution in [2.75, 3.05) is 6.54 Å². The predicted molar refractivity (Wildman–Crippen MR) is 141 cm³/mol. The molecule has 8 N–H and O–H groups in total. The van der Waals surface area contributed by atoms with E-state index in [0.29, 0.717) is 0 Å². The topological polar surface area (TPSA) is 187 Å². The van der Waals surface area contributed by atoms with Gasteiger partial charge in [0.1, 0.15) is 17.8 Å². The van der Waals surface area contributed by atoms with Crippen molar-refractivity contribution in [3.8, 4) is 5.75 Å². The Morgan fingerprint density at radius 1 is 0.947 bits per heavy atom. The third kappa shape index (κ3) is 7.56. The summed E-state index contributed by atoms with van der Waals surface area (Å²) in [6.45, 7) is 3.00. The lowest BCUT2D eigenvalue weighted by Crippen LogP contribution is -2.55. The molecule has 3 amide bonds. The second-order valence-corrected chi connectivity index (χ2v) is 9.45. The molecule has 0 saturated heterocycles. The van der Waals surface area contributed by atoms with Gasteiger partial charge in [0.15, 0.2) is 0 Å². The fraction of sp³-hybridized carbons (Fsp3) is 0.333. The van der Waals surface area contributed by atoms with Gasteiger partial charge >= 0.3 is 5.97 Å². The third-order valence-electron chi connectivity index (χ3n) is 6.13. The van der Waals surface area contributed by atoms with Crippen molar-refractivity contribution in [3.05, 3.63) is 65.9 Å². The molecule has 0 aliphatic rings. The van der Waals surface area contributed by atoms with E-state index in [-0.39, 0.29) is 24.5 Å². The summed E-state index contributed by atoms with van der Waals surface area (Å²) >= 11 is 0. The summed E-state index contributed by atoms with van der Waals surface area (Å²) in [5.41, 5.74) is 8.34. The smallest absolute Gasteiger partial charge is 0.326 e. The first-order valence-corrected chi connectivity index (χ1v) is 12.2. The van der Waals surface area contributed by atoms with Gasteiger partial charge in [-0.15, -0.1) is 0 Å². The maximum atomic E-state index is 12.8. The molecule has 0 fully saturated rings. The van der Waals surface area contributed by atoms with Gasteiger partial charge in [-0.05, 0) is 41.7 Å². The number of para-hydroxylation sites is 1. The van der Waals surface area contributed by atoms with Gasteiger partial charge in [0.25, 0.3) is 0 Å². The van der Waals surface area contributed by atoms with Crippen LogP contribution in [-0.4, -0.2) is 63.6 Å². The highest BCUT2D eigenvalue weighted by Gasteiger charge is 2.28. The van der Waals surface area contributed by atoms with Crippen LogP contribution in [0.1, 0.15) is 25.0 Å². The number of carbonyl (C=O) groups is 4. The van der Waals surface area contributed by atoms with E-state index in [2.05, 4.69) is 20.9 Å². The summed E-state index contributed by atoms with van der Waals surface area (Å²) in [7, 11) is 0. The average Bonchev–Trinajstić information content (AvgIpc) is 3.29. The minimum Gasteiger partial charge on any atom is -0.508 e. The number of nitrogens with one attached hydrogen (secondary N) is 4. The van der Waals surface area contributed by atoms with E-state index in [1.165, 1.54) is 12.1 Å². The predicted octanol–water partition coefficient (Wildman–Crippen LogP) is 0.812. The molecular weight excluding hydrogens is 490 g/mol. The van der Waals surface area contributed by atoms with Gasteiger partial charge in [-0.1, -0.05) is 44.2 Å². The molecular formula is C27H33N5O6. The van der Waals surface area contributed by atoms with Gasteiger partial charge in [-0.3, -0.25) is 14.4 Å². The number of phenols is 1. The van der Waals surface area contributed by atoms with Gasteiger partial charge in [0, 0.05) is 23.5 Å². The highest BCUT2D eigenvalue weighted by molar-refractivity contribution is 5.93. The Morgan fingerprint density at radius 3 is 2.29 bits per heavy atom. The molecule has 3 unspecified atom stereocenters. The number of carbonyl (C=O) groups excluding carboxylic acids is 3. The monoisotopic (exact) mass is 523 g/mol. The van der Waals surface area contributed by atoms with E-state index in [4.69, 9.17) is 5.73 Å². The number of phenolic OH excluding ortho intramolecular Hbond substituents is 1. The van der Waals surface area contributed by atoms with Gasteiger partial charge < -0.3 is 36.9 Å². The zero-order chi connectivity index (χ0) is 27.8. The molecule has 0 aliphatic heterocycles. The van der Waals surface area contributed by atoms with Gasteiger partial charge in [0.2, 0.25) is 17.7 Å². The average molecular weight is 524 g/mol. The number of nitrogens with two attached hydrogens (primary N) is 1. The van der Waals surface area contributed by atoms with Crippen LogP contribution in [0.3, 0.4) is 0 Å². The highest BCUT2D eigenvalue weighted by Crippen LogP contribution is 2.19. The minimum absolute atomic E-state index is 0.0582. The number of rotatable bonds is 12. The van der Waals surface area contributed by atoms with Crippen LogP contribution in [0.25, 0.3) is 10.9 Å². The number of carboxylic acids is 1. The number of H-pyrrole nitrogens is 1. The molecule has 3 rings (SSSR count). The van der Waals surface area contributed by atoms with Crippen molar-refractivity contribution in [1.29, 1.82) is 0 Å². The minimum atomic E-state index is -1.20. The Bertz CT molecular complexity index is 1290. The molecule has 0 aliphatic carbocycles. The van der Waals surface area contributed by atoms with Crippen molar-refractivity contribution in [2.24, 2.45) is 11.7 Å². The Kier molecular flexibility index (Phi) is 9.44. The van der Waals surface area contributed by atoms with Crippen LogP contribution in [-0.2, 0) is 32.0 Å². The number of fused-ring (bicyclic) bond motifs is 1. The molecule has 0 spiro atoms. The lowest BCUT2D eigenvalue weighted by Gasteiger charge is -2.23. The second-order valence-electron chi connectivity index (χ2n) is 9.45. The van der Waals surface area contributed by atoms with E-state index < -0.39 is 48.4 Å². The van der Waals surface area contributed by atoms with E-state index in [1.807, 2.05) is 24.3 Å². The number of hydrogen-bond donors (Lipinski definition) is 7. The summed E-state index contributed by atoms with van der Waals surface area (Å²) in [6.07, 6.45) is 1.97. The number of aromatic nitrogens is 1. The van der Waals surface area contributed by atoms with Crippen molar-refractivity contribution in [1.82, 2.24) is 20.9 Å². The Morgan fingerprint density at radius 2 is 1.63 bits per heavy atom. The molecule has 0 bridgehead atoms. The molecule has 3 aromatic rings. The number of amides is 3. The zero-order valence-electron chi connectivity index (χ0n) is 21.2. The van der Waals surface area contributed by atoms with Gasteiger partial charge in [-0.25, -0.2) is 4.79 Å². The largest absolute Gasteiger partial charge is 0.508 e. The first-order chi connectivity index (χ1) is 18.0. The summed E-state index contributed by atoms with van der Waals surface area (Å²) in [4.78, 5) is 52.7. The SMILES string of the molecule is CC(C)C(NC(=O)C(N)Cc1ccc(O)cc1)C(=O)NCC(=O)NC(Cc1c[nH]c2ccccc12)C(=O)O. The summed E-state index contributed by atoms with van der Waals surface area (Å²) < 4.78 is 0. The van der Waals surface area contributed by atoms with E-state index in [0.717, 1.165) is 22.0 Å². The van der Waals surface area contributed by atoms with Crippen LogP contribution in [0, 0.1) is 5.92 Å². The van der Waals surface area contributed by atoms with Crippen molar-refractivity contribution in [2.45, 2.75) is 44.8 Å². The molecule has 202 valence electrons. The second kappa shape index (κ2) is 12.7. The van der Waals surface area contributed by atoms with E-state index in [9.17, 15) is 29.4 Å². The maximum Gasteiger partial charge on any atom is 0.326 e. The Hall–Kier alpha value is -4.38. The number of aromatic hydroxyl groups is 1. The standard InChI is InChI=1S/C27H33N5O6/c1-15(2)24(32-25(35)20(28)11-16-7-9-18(33)10-8-16)26(36)30-14-23(34)31-22(27(37)38)12-17-13-29-21-6-4-3-5-19(17)21/h3-10,13,15,20,22,24,29,33H,11-12,14,28H2,1-2H3,(H,30,36)(H,31,34)(H,32,35)(H,37,38). The number of aromatic amines is 1. The Labute approximate surface area is 219 Å². The lowest BCUT2D eigenvalue weighted by molar-refractivity contribution is -0.141. The molecule has 11 heteroatoms. The lowest BCUT2D eigenvalue weighted by atomic mass is 10.0. The molecule has 1 heterocycles. The van der Waals surface area contributed by atoms with Crippen LogP contribution < -0.4 is 21.7 Å². The van der Waals surface area contributed by atoms with Crippen LogP contribution >= 0.6 is 0 Å². The van der Waals surface area contributed by atoms with Gasteiger partial charge in [-0.2, -0.15) is 0 Å². The van der Waals surface area contributed by atoms with Crippen molar-refractivity contribution >= 4 is 34.6 Å². The van der Waals surface area contributed by atoms with Crippen LogP contribution in [0.2, 0.25) is 0 Å². The molecule has 2 aromatic carbocycles. The molecule has 11 nitrogen and oxygen atoms in total. The quantitative estimate of drug-likeness (QED) is 0.183. The van der Waals surface area contributed by atoms with Crippen molar-refractivity contribution < 1.29 is 29.4 Å². The van der Waals surface area contributed by atoms with Crippen molar-refractivity contribution in [3.63, 3.8) is 0 Å². The molecule has 3 atom stereocenters. The number of hydrogen-bond acceptors (Lipinski definition) is 6. The number of benzene rings is 2. The van der Waals surface area contributed by atoms with Crippen LogP contribution in [0.5, 0.6) is 5.75 Å². The molecule has 38 heavy (non-hydrogen) atoms. The van der Waals surface area contributed by atoms with Crippen LogP contribution in [0.15, 0.2) is 54.7 Å². The zero-order valence-corrected chi connectivity index (χ0v) is 21.2. The summed E-state index contributed by atoms with van der Waals surface area (Å²) in [5, 5.41) is 27.4. The molecule has 0 saturated carbocycles. The number of carboxylic acid groups (broad SMARTS) is 1. The normalized spacial score (nSPS) is 13.5. The van der Waals surface area contributed by atoms with Gasteiger partial charge in [0.05, 0.1) is 12.6 Å². The maximum absolute atomic E-state index is 12.8. The highest BCUT2D eigenvalue weighted by atomic mass is 16.4. The molecule has 1 aromatic heterocycles. The first kappa shape index (κ1) is 28.2. The number of aliphatic carboxylic acids is 1. The first-order valence-electron chi connectivity index (χ1n) is 12.2. The van der Waals surface area contributed by atoms with E-state index >= 15 is 0 Å². The fourth-order valence-corrected chi connectivity index (χ4v) is 4.02. The van der Waals surface area contributed by atoms with E-state index in [1.54, 1.807) is 32.2 Å². The summed E-state index contributed by atoms with van der Waals surface area (Å²) in [6, 6.07) is 10.6. The third-order valence-corrected chi connectivity index (χ3v) is 6.13. The Balaban J connectivity index is 1.53. The fourth-order valence-electron chi connectivity index (χ4n) is 4.02. The van der Waals surface area contributed by atoms with Crippen LogP contribution in [0.4, 0.5) is 0 Å². The summed E-state index contributed by atoms with van der Waals surface area (Å²) in [5.74, 6) is -3.23. The molecule has 0 radical (unpaired) electrons.